The maximum atomic E-state index is 6.24. The predicted octanol–water partition coefficient (Wildman–Crippen LogP) is 2.94. The van der Waals surface area contributed by atoms with Crippen molar-refractivity contribution in [2.24, 2.45) is 0 Å². The van der Waals surface area contributed by atoms with E-state index in [0.29, 0.717) is 23.9 Å². The van der Waals surface area contributed by atoms with Gasteiger partial charge in [0.05, 0.1) is 36.6 Å². The topological polar surface area (TPSA) is 40.6 Å². The number of nitrogens with zero attached hydrogens (tertiary/aromatic N) is 1. The Balaban J connectivity index is 2.11. The van der Waals surface area contributed by atoms with Crippen LogP contribution in [-0.4, -0.2) is 25.3 Å². The summed E-state index contributed by atoms with van der Waals surface area (Å²) in [5.41, 5.74) is 1.47. The average Bonchev–Trinajstić information content (AvgIpc) is 2.91. The second-order valence-electron chi connectivity index (χ2n) is 3.99. The Morgan fingerprint density at radius 3 is 2.78 bits per heavy atom. The molecular formula is C13H12ClNO3. The van der Waals surface area contributed by atoms with Crippen molar-refractivity contribution in [1.82, 2.24) is 4.98 Å². The lowest BCUT2D eigenvalue weighted by molar-refractivity contribution is -0.0470. The molecule has 18 heavy (non-hydrogen) atoms. The Labute approximate surface area is 109 Å². The molecule has 2 aromatic rings. The minimum absolute atomic E-state index is 0.418. The van der Waals surface area contributed by atoms with Crippen LogP contribution < -0.4 is 4.74 Å². The van der Waals surface area contributed by atoms with Gasteiger partial charge in [-0.1, -0.05) is 11.6 Å². The second-order valence-corrected chi connectivity index (χ2v) is 4.39. The summed E-state index contributed by atoms with van der Waals surface area (Å²) < 4.78 is 16.0. The van der Waals surface area contributed by atoms with Crippen LogP contribution >= 0.6 is 11.6 Å². The molecule has 0 bridgehead atoms. The quantitative estimate of drug-likeness (QED) is 0.837. The summed E-state index contributed by atoms with van der Waals surface area (Å²) in [5.74, 6) is 0.747. The molecule has 5 heteroatoms. The zero-order valence-corrected chi connectivity index (χ0v) is 10.6. The molecule has 0 aliphatic carbocycles. The van der Waals surface area contributed by atoms with Gasteiger partial charge in [-0.15, -0.1) is 0 Å². The first-order valence-electron chi connectivity index (χ1n) is 5.65. The lowest BCUT2D eigenvalue weighted by Gasteiger charge is -2.11. The monoisotopic (exact) mass is 265 g/mol. The zero-order chi connectivity index (χ0) is 12.5. The van der Waals surface area contributed by atoms with Crippen LogP contribution in [-0.2, 0) is 9.47 Å². The number of halogens is 1. The van der Waals surface area contributed by atoms with E-state index in [1.54, 1.807) is 13.2 Å². The number of pyridine rings is 1. The number of aromatic nitrogens is 1. The molecule has 1 aliphatic heterocycles. The number of hydrogen-bond acceptors (Lipinski definition) is 4. The third-order valence-electron chi connectivity index (χ3n) is 2.85. The van der Waals surface area contributed by atoms with Crippen molar-refractivity contribution >= 4 is 22.5 Å². The van der Waals surface area contributed by atoms with Crippen molar-refractivity contribution in [3.8, 4) is 5.75 Å². The lowest BCUT2D eigenvalue weighted by Crippen LogP contribution is -2.01. The minimum atomic E-state index is -0.418. The van der Waals surface area contributed by atoms with E-state index in [1.165, 1.54) is 0 Å². The van der Waals surface area contributed by atoms with Crippen LogP contribution in [0.3, 0.4) is 0 Å². The van der Waals surface area contributed by atoms with Crippen LogP contribution in [0.5, 0.6) is 5.75 Å². The maximum Gasteiger partial charge on any atom is 0.201 e. The van der Waals surface area contributed by atoms with Crippen molar-refractivity contribution in [2.45, 2.75) is 6.29 Å². The van der Waals surface area contributed by atoms with Crippen LogP contribution in [0.25, 0.3) is 10.9 Å². The van der Waals surface area contributed by atoms with Crippen LogP contribution in [0, 0.1) is 0 Å². The van der Waals surface area contributed by atoms with Crippen molar-refractivity contribution in [3.63, 3.8) is 0 Å². The molecule has 94 valence electrons. The smallest absolute Gasteiger partial charge is 0.201 e. The third-order valence-corrected chi connectivity index (χ3v) is 3.16. The van der Waals surface area contributed by atoms with Gasteiger partial charge in [-0.25, -0.2) is 4.98 Å². The number of rotatable bonds is 2. The first kappa shape index (κ1) is 11.7. The van der Waals surface area contributed by atoms with E-state index < -0.39 is 6.29 Å². The molecule has 1 aliphatic rings. The fourth-order valence-corrected chi connectivity index (χ4v) is 2.23. The van der Waals surface area contributed by atoms with Gasteiger partial charge in [-0.05, 0) is 18.2 Å². The van der Waals surface area contributed by atoms with Gasteiger partial charge in [0.15, 0.2) is 0 Å². The fourth-order valence-electron chi connectivity index (χ4n) is 1.96. The van der Waals surface area contributed by atoms with Crippen molar-refractivity contribution in [1.29, 1.82) is 0 Å². The highest BCUT2D eigenvalue weighted by atomic mass is 35.5. The van der Waals surface area contributed by atoms with Crippen LogP contribution in [0.4, 0.5) is 0 Å². The Morgan fingerprint density at radius 2 is 2.06 bits per heavy atom. The highest BCUT2D eigenvalue weighted by Crippen LogP contribution is 2.30. The average molecular weight is 266 g/mol. The number of hydrogen-bond donors (Lipinski definition) is 0. The van der Waals surface area contributed by atoms with Crippen molar-refractivity contribution in [3.05, 3.63) is 35.0 Å². The predicted molar refractivity (Wildman–Crippen MR) is 68.0 cm³/mol. The van der Waals surface area contributed by atoms with E-state index in [1.807, 2.05) is 18.2 Å². The summed E-state index contributed by atoms with van der Waals surface area (Å²) in [6, 6.07) is 7.38. The molecule has 0 N–H and O–H groups in total. The molecule has 2 heterocycles. The Kier molecular flexibility index (Phi) is 3.07. The summed E-state index contributed by atoms with van der Waals surface area (Å²) in [6.45, 7) is 1.17. The van der Waals surface area contributed by atoms with E-state index in [0.717, 1.165) is 16.7 Å². The van der Waals surface area contributed by atoms with Crippen LogP contribution in [0.1, 0.15) is 12.0 Å². The van der Waals surface area contributed by atoms with E-state index >= 15 is 0 Å². The standard InChI is InChI=1S/C13H12ClNO3/c1-16-8-2-3-9-10(14)7-12(15-11(9)6-8)13-17-4-5-18-13/h2-3,6-7,13H,4-5H2,1H3. The normalized spacial score (nSPS) is 16.3. The molecule has 4 nitrogen and oxygen atoms in total. The summed E-state index contributed by atoms with van der Waals surface area (Å²) in [7, 11) is 1.62. The van der Waals surface area contributed by atoms with Gasteiger partial charge in [0.25, 0.3) is 0 Å². The van der Waals surface area contributed by atoms with Gasteiger partial charge in [0.2, 0.25) is 6.29 Å². The molecule has 1 fully saturated rings. The molecule has 0 spiro atoms. The van der Waals surface area contributed by atoms with Crippen molar-refractivity contribution in [2.75, 3.05) is 20.3 Å². The molecule has 0 radical (unpaired) electrons. The molecule has 1 aromatic carbocycles. The van der Waals surface area contributed by atoms with E-state index in [-0.39, 0.29) is 0 Å². The molecule has 3 rings (SSSR count). The molecule has 0 atom stereocenters. The largest absolute Gasteiger partial charge is 0.497 e. The second kappa shape index (κ2) is 4.72. The summed E-state index contributed by atoms with van der Waals surface area (Å²) in [5, 5.41) is 1.52. The Bertz CT molecular complexity index is 582. The molecule has 0 amide bonds. The number of ether oxygens (including phenoxy) is 3. The highest BCUT2D eigenvalue weighted by Gasteiger charge is 2.21. The summed E-state index contributed by atoms with van der Waals surface area (Å²) >= 11 is 6.24. The summed E-state index contributed by atoms with van der Waals surface area (Å²) in [4.78, 5) is 4.51. The van der Waals surface area contributed by atoms with Crippen LogP contribution in [0.2, 0.25) is 5.02 Å². The van der Waals surface area contributed by atoms with E-state index in [2.05, 4.69) is 4.98 Å². The van der Waals surface area contributed by atoms with Gasteiger partial charge >= 0.3 is 0 Å². The fraction of sp³-hybridized carbons (Fsp3) is 0.308. The first-order chi connectivity index (χ1) is 8.78. The lowest BCUT2D eigenvalue weighted by atomic mass is 10.2. The van der Waals surface area contributed by atoms with Gasteiger partial charge < -0.3 is 14.2 Å². The molecule has 0 unspecified atom stereocenters. The molecule has 1 aromatic heterocycles. The van der Waals surface area contributed by atoms with E-state index in [4.69, 9.17) is 25.8 Å². The van der Waals surface area contributed by atoms with E-state index in [9.17, 15) is 0 Å². The molecule has 0 saturated carbocycles. The number of fused-ring (bicyclic) bond motifs is 1. The van der Waals surface area contributed by atoms with Gasteiger partial charge in [0.1, 0.15) is 5.75 Å². The van der Waals surface area contributed by atoms with Crippen LogP contribution in [0.15, 0.2) is 24.3 Å². The first-order valence-corrected chi connectivity index (χ1v) is 6.03. The van der Waals surface area contributed by atoms with Gasteiger partial charge in [-0.2, -0.15) is 0 Å². The summed E-state index contributed by atoms with van der Waals surface area (Å²) in [6.07, 6.45) is -0.418. The Hall–Kier alpha value is -1.36. The Morgan fingerprint density at radius 1 is 1.28 bits per heavy atom. The van der Waals surface area contributed by atoms with Gasteiger partial charge in [0, 0.05) is 11.5 Å². The third kappa shape index (κ3) is 2.03. The zero-order valence-electron chi connectivity index (χ0n) is 9.85. The van der Waals surface area contributed by atoms with Crippen molar-refractivity contribution < 1.29 is 14.2 Å². The molecule has 1 saturated heterocycles. The highest BCUT2D eigenvalue weighted by molar-refractivity contribution is 6.35. The SMILES string of the molecule is COc1ccc2c(Cl)cc(C3OCCO3)nc2c1. The number of benzene rings is 1. The minimum Gasteiger partial charge on any atom is -0.497 e. The molecular weight excluding hydrogens is 254 g/mol. The maximum absolute atomic E-state index is 6.24. The number of methoxy groups -OCH3 is 1. The van der Waals surface area contributed by atoms with Gasteiger partial charge in [-0.3, -0.25) is 0 Å².